The molecule has 2 atom stereocenters. The number of hydrazine groups is 1. The molecule has 180 valence electrons. The standard InChI is InChI=1S/C19H20F3N3O5S3/c1-12-6-8-14(9-7-12)32(27,28)24-23-18(26)16-10-13(31)11-25(16)33(29,30)17-5-3-2-4-15(17)19(20,21)22/h2-9,13,16,24,31H,10-11H2,1H3,(H,23,26)/t13-,16+/m1/s1. The van der Waals surface area contributed by atoms with Gasteiger partial charge in [-0.2, -0.15) is 30.1 Å². The summed E-state index contributed by atoms with van der Waals surface area (Å²) in [6.07, 6.45) is -5.07. The molecule has 0 spiro atoms. The summed E-state index contributed by atoms with van der Waals surface area (Å²) in [6.45, 7) is 1.42. The quantitative estimate of drug-likeness (QED) is 0.397. The summed E-state index contributed by atoms with van der Waals surface area (Å²) in [5.41, 5.74) is 1.40. The molecule has 2 aromatic rings. The predicted molar refractivity (Wildman–Crippen MR) is 116 cm³/mol. The fourth-order valence-corrected chi connectivity index (χ4v) is 6.51. The third-order valence-corrected chi connectivity index (χ3v) is 8.53. The molecule has 1 heterocycles. The van der Waals surface area contributed by atoms with Crippen LogP contribution in [-0.4, -0.2) is 44.9 Å². The minimum atomic E-state index is -4.94. The summed E-state index contributed by atoms with van der Waals surface area (Å²) in [5.74, 6) is -1.05. The van der Waals surface area contributed by atoms with E-state index in [4.69, 9.17) is 0 Å². The van der Waals surface area contributed by atoms with Crippen molar-refractivity contribution in [3.63, 3.8) is 0 Å². The van der Waals surface area contributed by atoms with Gasteiger partial charge in [0.25, 0.3) is 15.9 Å². The van der Waals surface area contributed by atoms with Crippen molar-refractivity contribution in [2.45, 2.75) is 40.6 Å². The number of benzene rings is 2. The van der Waals surface area contributed by atoms with Gasteiger partial charge >= 0.3 is 6.18 Å². The van der Waals surface area contributed by atoms with E-state index in [0.29, 0.717) is 10.4 Å². The first-order chi connectivity index (χ1) is 15.2. The smallest absolute Gasteiger partial charge is 0.276 e. The van der Waals surface area contributed by atoms with Gasteiger partial charge < -0.3 is 0 Å². The highest BCUT2D eigenvalue weighted by molar-refractivity contribution is 7.89. The first kappa shape index (κ1) is 25.5. The fourth-order valence-electron chi connectivity index (χ4n) is 3.32. The molecular formula is C19H20F3N3O5S3. The molecule has 1 aliphatic heterocycles. The Balaban J connectivity index is 1.85. The Morgan fingerprint density at radius 1 is 1.06 bits per heavy atom. The third kappa shape index (κ3) is 5.51. The molecule has 1 saturated heterocycles. The highest BCUT2D eigenvalue weighted by atomic mass is 32.2. The van der Waals surface area contributed by atoms with E-state index in [-0.39, 0.29) is 17.9 Å². The molecule has 0 unspecified atom stereocenters. The van der Waals surface area contributed by atoms with Gasteiger partial charge in [-0.05, 0) is 37.6 Å². The molecule has 0 aromatic heterocycles. The molecule has 2 N–H and O–H groups in total. The number of hydrogen-bond acceptors (Lipinski definition) is 6. The van der Waals surface area contributed by atoms with E-state index >= 15 is 0 Å². The molecule has 3 rings (SSSR count). The minimum Gasteiger partial charge on any atom is -0.276 e. The van der Waals surface area contributed by atoms with Gasteiger partial charge in [0.15, 0.2) is 0 Å². The van der Waals surface area contributed by atoms with Crippen LogP contribution in [0.2, 0.25) is 0 Å². The summed E-state index contributed by atoms with van der Waals surface area (Å²) >= 11 is 4.18. The van der Waals surface area contributed by atoms with Crippen LogP contribution < -0.4 is 10.3 Å². The zero-order chi connectivity index (χ0) is 24.6. The Labute approximate surface area is 194 Å². The highest BCUT2D eigenvalue weighted by Crippen LogP contribution is 2.37. The number of rotatable bonds is 6. The largest absolute Gasteiger partial charge is 0.417 e. The number of nitrogens with zero attached hydrogens (tertiary/aromatic N) is 1. The molecule has 8 nitrogen and oxygen atoms in total. The van der Waals surface area contributed by atoms with Gasteiger partial charge in [0, 0.05) is 11.8 Å². The fraction of sp³-hybridized carbons (Fsp3) is 0.316. The van der Waals surface area contributed by atoms with Gasteiger partial charge in [0.05, 0.1) is 15.4 Å². The Morgan fingerprint density at radius 3 is 2.27 bits per heavy atom. The summed E-state index contributed by atoms with van der Waals surface area (Å²) < 4.78 is 91.7. The van der Waals surface area contributed by atoms with Crippen molar-refractivity contribution in [1.82, 2.24) is 14.6 Å². The second kappa shape index (κ2) is 9.25. The number of amides is 1. The van der Waals surface area contributed by atoms with Crippen molar-refractivity contribution in [2.75, 3.05) is 6.54 Å². The average molecular weight is 524 g/mol. The molecule has 1 fully saturated rings. The number of nitrogens with one attached hydrogen (secondary N) is 2. The van der Waals surface area contributed by atoms with Crippen molar-refractivity contribution < 1.29 is 34.8 Å². The Kier molecular flexibility index (Phi) is 7.15. The first-order valence-corrected chi connectivity index (χ1v) is 12.9. The van der Waals surface area contributed by atoms with E-state index in [1.165, 1.54) is 12.1 Å². The second-order valence-corrected chi connectivity index (χ2v) is 11.7. The van der Waals surface area contributed by atoms with Gasteiger partial charge in [0.1, 0.15) is 6.04 Å². The summed E-state index contributed by atoms with van der Waals surface area (Å²) in [7, 11) is -8.93. The molecule has 1 amide bonds. The van der Waals surface area contributed by atoms with Crippen LogP contribution in [0, 0.1) is 6.92 Å². The molecule has 2 aromatic carbocycles. The van der Waals surface area contributed by atoms with Crippen LogP contribution >= 0.6 is 12.6 Å². The number of sulfonamides is 2. The van der Waals surface area contributed by atoms with E-state index in [2.05, 4.69) is 12.6 Å². The van der Waals surface area contributed by atoms with E-state index in [9.17, 15) is 34.8 Å². The Morgan fingerprint density at radius 2 is 1.67 bits per heavy atom. The van der Waals surface area contributed by atoms with Crippen LogP contribution in [0.1, 0.15) is 17.5 Å². The van der Waals surface area contributed by atoms with Crippen molar-refractivity contribution in [2.24, 2.45) is 0 Å². The van der Waals surface area contributed by atoms with E-state index in [1.54, 1.807) is 19.1 Å². The normalized spacial score (nSPS) is 20.0. The van der Waals surface area contributed by atoms with Crippen molar-refractivity contribution in [1.29, 1.82) is 0 Å². The van der Waals surface area contributed by atoms with Crippen LogP contribution in [0.5, 0.6) is 0 Å². The van der Waals surface area contributed by atoms with Gasteiger partial charge in [-0.1, -0.05) is 29.8 Å². The summed E-state index contributed by atoms with van der Waals surface area (Å²) in [6, 6.07) is 7.88. The lowest BCUT2D eigenvalue weighted by Gasteiger charge is -2.25. The number of alkyl halides is 3. The highest BCUT2D eigenvalue weighted by Gasteiger charge is 2.46. The maximum Gasteiger partial charge on any atom is 0.417 e. The van der Waals surface area contributed by atoms with Crippen LogP contribution in [0.3, 0.4) is 0 Å². The first-order valence-electron chi connectivity index (χ1n) is 9.48. The average Bonchev–Trinajstić information content (AvgIpc) is 3.14. The number of carbonyl (C=O) groups is 1. The molecular weight excluding hydrogens is 503 g/mol. The molecule has 0 saturated carbocycles. The van der Waals surface area contributed by atoms with Crippen LogP contribution in [-0.2, 0) is 31.0 Å². The lowest BCUT2D eigenvalue weighted by Crippen LogP contribution is -2.51. The molecule has 0 radical (unpaired) electrons. The lowest BCUT2D eigenvalue weighted by molar-refractivity contribution is -0.139. The van der Waals surface area contributed by atoms with E-state index < -0.39 is 53.9 Å². The number of thiol groups is 1. The van der Waals surface area contributed by atoms with Gasteiger partial charge in [0.2, 0.25) is 10.0 Å². The van der Waals surface area contributed by atoms with Crippen molar-refractivity contribution >= 4 is 38.6 Å². The summed E-state index contributed by atoms with van der Waals surface area (Å²) in [5, 5.41) is -0.651. The molecule has 0 aliphatic carbocycles. The van der Waals surface area contributed by atoms with Gasteiger partial charge in [-0.15, -0.1) is 4.83 Å². The third-order valence-electron chi connectivity index (χ3n) is 4.96. The predicted octanol–water partition coefficient (Wildman–Crippen LogP) is 2.08. The number of halogens is 3. The Hall–Kier alpha value is -2.13. The molecule has 0 bridgehead atoms. The van der Waals surface area contributed by atoms with Crippen LogP contribution in [0.25, 0.3) is 0 Å². The maximum absolute atomic E-state index is 13.4. The number of hydrogen-bond donors (Lipinski definition) is 3. The van der Waals surface area contributed by atoms with Crippen LogP contribution in [0.15, 0.2) is 58.3 Å². The lowest BCUT2D eigenvalue weighted by atomic mass is 10.2. The minimum absolute atomic E-state index is 0.130. The SMILES string of the molecule is Cc1ccc(S(=O)(=O)NNC(=O)[C@@H]2C[C@@H](S)CN2S(=O)(=O)c2ccccc2C(F)(F)F)cc1. The van der Waals surface area contributed by atoms with Gasteiger partial charge in [-0.25, -0.2) is 16.8 Å². The Bertz CT molecular complexity index is 1250. The maximum atomic E-state index is 13.4. The number of carbonyl (C=O) groups excluding carboxylic acids is 1. The summed E-state index contributed by atoms with van der Waals surface area (Å²) in [4.78, 5) is 13.4. The molecule has 1 aliphatic rings. The second-order valence-electron chi connectivity index (χ2n) is 7.38. The van der Waals surface area contributed by atoms with E-state index in [0.717, 1.165) is 23.8 Å². The number of aryl methyl sites for hydroxylation is 1. The zero-order valence-corrected chi connectivity index (χ0v) is 19.6. The molecule has 14 heteroatoms. The topological polar surface area (TPSA) is 113 Å². The molecule has 33 heavy (non-hydrogen) atoms. The van der Waals surface area contributed by atoms with Gasteiger partial charge in [-0.3, -0.25) is 10.2 Å². The van der Waals surface area contributed by atoms with E-state index in [1.807, 2.05) is 10.3 Å². The van der Waals surface area contributed by atoms with Crippen LogP contribution in [0.4, 0.5) is 13.2 Å². The van der Waals surface area contributed by atoms with Crippen molar-refractivity contribution in [3.8, 4) is 0 Å². The van der Waals surface area contributed by atoms with Crippen molar-refractivity contribution in [3.05, 3.63) is 59.7 Å². The zero-order valence-electron chi connectivity index (χ0n) is 17.1. The monoisotopic (exact) mass is 523 g/mol.